The molecule has 7 N–H and O–H groups in total. The Hall–Kier alpha value is -0.520. The minimum atomic E-state index is -1.05. The van der Waals surface area contributed by atoms with E-state index in [-0.39, 0.29) is 71.4 Å². The van der Waals surface area contributed by atoms with Gasteiger partial charge in [-0.25, -0.2) is 0 Å². The Kier molecular flexibility index (Phi) is 25.8. The molecule has 13 nitrogen and oxygen atoms in total. The molecule has 270 valence electrons. The number of aliphatic hydroxyl groups is 7. The summed E-state index contributed by atoms with van der Waals surface area (Å²) in [6.45, 7) is 15.8. The zero-order valence-corrected chi connectivity index (χ0v) is 25.8. The van der Waals surface area contributed by atoms with E-state index in [9.17, 15) is 25.5 Å². The summed E-state index contributed by atoms with van der Waals surface area (Å²) in [5.41, 5.74) is 0. The molecule has 0 spiro atoms. The molecule has 13 heteroatoms. The highest BCUT2D eigenvalue weighted by atomic mass is 16.7. The Morgan fingerprint density at radius 2 is 0.841 bits per heavy atom. The second-order valence-electron chi connectivity index (χ2n) is 10.9. The van der Waals surface area contributed by atoms with Gasteiger partial charge in [-0.2, -0.15) is 0 Å². The number of ether oxygens (including phenoxy) is 6. The van der Waals surface area contributed by atoms with Crippen LogP contribution in [-0.2, 0) is 28.4 Å². The fourth-order valence-corrected chi connectivity index (χ4v) is 4.83. The molecule has 0 aromatic heterocycles. The highest BCUT2D eigenvalue weighted by Crippen LogP contribution is 2.30. The van der Waals surface area contributed by atoms with E-state index in [0.29, 0.717) is 19.8 Å². The van der Waals surface area contributed by atoms with Crippen molar-refractivity contribution in [2.45, 2.75) is 145 Å². The first-order chi connectivity index (χ1) is 19.3. The molecule has 0 aromatic rings. The summed E-state index contributed by atoms with van der Waals surface area (Å²) in [6.07, 6.45) is -6.85. The van der Waals surface area contributed by atoms with Crippen molar-refractivity contribution in [1.29, 1.82) is 0 Å². The first-order valence-corrected chi connectivity index (χ1v) is 14.7. The topological polar surface area (TPSA) is 197 Å². The van der Waals surface area contributed by atoms with Gasteiger partial charge >= 0.3 is 0 Å². The van der Waals surface area contributed by atoms with E-state index in [1.54, 1.807) is 13.8 Å². The summed E-state index contributed by atoms with van der Waals surface area (Å²) in [5, 5.41) is 66.4. The fraction of sp³-hybridized carbons (Fsp3) is 1.00. The van der Waals surface area contributed by atoms with Crippen LogP contribution >= 0.6 is 0 Å². The van der Waals surface area contributed by atoms with Crippen LogP contribution in [-0.4, -0.2) is 136 Å². The molecule has 3 aliphatic heterocycles. The summed E-state index contributed by atoms with van der Waals surface area (Å²) >= 11 is 0. The smallest absolute Gasteiger partial charge is 0.186 e. The van der Waals surface area contributed by atoms with Gasteiger partial charge < -0.3 is 64.2 Å². The van der Waals surface area contributed by atoms with E-state index >= 15 is 0 Å². The average Bonchev–Trinajstić information content (AvgIpc) is 2.95. The van der Waals surface area contributed by atoms with Gasteiger partial charge in [-0.05, 0) is 34.6 Å². The van der Waals surface area contributed by atoms with Crippen molar-refractivity contribution in [3.05, 3.63) is 0 Å². The first-order valence-electron chi connectivity index (χ1n) is 14.7. The third-order valence-electron chi connectivity index (χ3n) is 8.12. The van der Waals surface area contributed by atoms with Gasteiger partial charge in [-0.1, -0.05) is 43.1 Å². The van der Waals surface area contributed by atoms with Gasteiger partial charge in [0.1, 0.15) is 12.2 Å². The van der Waals surface area contributed by atoms with E-state index in [4.69, 9.17) is 38.6 Å². The second-order valence-corrected chi connectivity index (χ2v) is 10.9. The van der Waals surface area contributed by atoms with E-state index in [2.05, 4.69) is 0 Å². The van der Waals surface area contributed by atoms with Crippen molar-refractivity contribution in [3.63, 3.8) is 0 Å². The normalized spacial score (nSPS) is 41.7. The average molecular weight is 649 g/mol. The predicted molar refractivity (Wildman–Crippen MR) is 168 cm³/mol. The molecule has 3 heterocycles. The molecule has 15 atom stereocenters. The molecule has 3 rings (SSSR count). The first kappa shape index (κ1) is 47.9. The molecule has 0 amide bonds. The monoisotopic (exact) mass is 648 g/mol. The number of hydrogen-bond donors (Lipinski definition) is 7. The van der Waals surface area contributed by atoms with E-state index < -0.39 is 55.5 Å². The van der Waals surface area contributed by atoms with Crippen LogP contribution in [0.2, 0.25) is 0 Å². The SMILES string of the molecule is C.C.C.CCOC1OC(C)C(C)C(O)C1CO.CCOC1OC(C)C(C)C(O)C1O.CCOC1OC(CO)C(C)C(O)C1O. The number of aliphatic hydroxyl groups excluding tert-OH is 7. The highest BCUT2D eigenvalue weighted by molar-refractivity contribution is 4.87. The summed E-state index contributed by atoms with van der Waals surface area (Å²) in [5.74, 6) is -0.664. The largest absolute Gasteiger partial charge is 0.396 e. The van der Waals surface area contributed by atoms with Crippen molar-refractivity contribution in [1.82, 2.24) is 0 Å². The Labute approximate surface area is 266 Å². The van der Waals surface area contributed by atoms with Crippen LogP contribution in [0.4, 0.5) is 0 Å². The molecule has 0 aromatic carbocycles. The Balaban J connectivity index is -0.000000555. The summed E-state index contributed by atoms with van der Waals surface area (Å²) in [4.78, 5) is 0. The lowest BCUT2D eigenvalue weighted by molar-refractivity contribution is -0.286. The maximum atomic E-state index is 9.88. The number of hydrogen-bond acceptors (Lipinski definition) is 13. The van der Waals surface area contributed by atoms with Gasteiger partial charge in [0.05, 0.1) is 55.8 Å². The Bertz CT molecular complexity index is 685. The van der Waals surface area contributed by atoms with Crippen LogP contribution in [0.3, 0.4) is 0 Å². The van der Waals surface area contributed by atoms with Gasteiger partial charge in [-0.3, -0.25) is 0 Å². The van der Waals surface area contributed by atoms with Crippen LogP contribution in [0.15, 0.2) is 0 Å². The molecule has 3 aliphatic rings. The van der Waals surface area contributed by atoms with Gasteiger partial charge in [0, 0.05) is 37.6 Å². The molecule has 0 radical (unpaired) electrons. The van der Waals surface area contributed by atoms with Gasteiger partial charge in [0.15, 0.2) is 18.9 Å². The maximum Gasteiger partial charge on any atom is 0.186 e. The zero-order chi connectivity index (χ0) is 31.4. The standard InChI is InChI=1S/C10H20O4.C9H18O5.C9H18O4.3CH4/c1-4-13-10-8(5-11)9(12)6(2)7(3)14-10;1-3-13-9-8(12)7(11)5(2)6(4-10)14-9;1-4-12-9-8(11)7(10)5(2)6(3)13-9;;;/h6-12H,4-5H2,1-3H3;5-12H,3-4H2,1-2H3;5-11H,4H2,1-3H3;3*1H4. The molecule has 0 aliphatic carbocycles. The predicted octanol–water partition coefficient (Wildman–Crippen LogP) is 1.51. The van der Waals surface area contributed by atoms with Gasteiger partial charge in [0.25, 0.3) is 0 Å². The summed E-state index contributed by atoms with van der Waals surface area (Å²) in [7, 11) is 0. The third kappa shape index (κ3) is 12.9. The van der Waals surface area contributed by atoms with Crippen LogP contribution in [0.1, 0.15) is 77.7 Å². The minimum absolute atomic E-state index is 0. The van der Waals surface area contributed by atoms with Crippen LogP contribution in [0.5, 0.6) is 0 Å². The van der Waals surface area contributed by atoms with Crippen molar-refractivity contribution in [3.8, 4) is 0 Å². The molecular weight excluding hydrogens is 580 g/mol. The van der Waals surface area contributed by atoms with E-state index in [1.807, 2.05) is 41.5 Å². The fourth-order valence-electron chi connectivity index (χ4n) is 4.83. The molecule has 44 heavy (non-hydrogen) atoms. The van der Waals surface area contributed by atoms with E-state index in [0.717, 1.165) is 0 Å². The van der Waals surface area contributed by atoms with Crippen molar-refractivity contribution in [2.75, 3.05) is 33.0 Å². The molecule has 0 bridgehead atoms. The Morgan fingerprint density at radius 3 is 1.25 bits per heavy atom. The summed E-state index contributed by atoms with van der Waals surface area (Å²) < 4.78 is 31.8. The molecule has 0 saturated carbocycles. The van der Waals surface area contributed by atoms with Gasteiger partial charge in [0.2, 0.25) is 0 Å². The minimum Gasteiger partial charge on any atom is -0.396 e. The lowest BCUT2D eigenvalue weighted by Gasteiger charge is -2.41. The van der Waals surface area contributed by atoms with Crippen LogP contribution in [0, 0.1) is 23.7 Å². The third-order valence-corrected chi connectivity index (χ3v) is 8.12. The Morgan fingerprint density at radius 1 is 0.477 bits per heavy atom. The highest BCUT2D eigenvalue weighted by Gasteiger charge is 2.43. The molecule has 3 fully saturated rings. The number of rotatable bonds is 8. The molecular formula is C31H68O13. The molecule has 15 unspecified atom stereocenters. The zero-order valence-electron chi connectivity index (χ0n) is 25.8. The van der Waals surface area contributed by atoms with Crippen molar-refractivity contribution < 1.29 is 64.2 Å². The maximum absolute atomic E-state index is 9.88. The van der Waals surface area contributed by atoms with Crippen molar-refractivity contribution >= 4 is 0 Å². The van der Waals surface area contributed by atoms with Gasteiger partial charge in [-0.15, -0.1) is 0 Å². The summed E-state index contributed by atoms with van der Waals surface area (Å²) in [6, 6.07) is 0. The van der Waals surface area contributed by atoms with E-state index in [1.165, 1.54) is 0 Å². The lowest BCUT2D eigenvalue weighted by atomic mass is 9.86. The van der Waals surface area contributed by atoms with Crippen LogP contribution in [0.25, 0.3) is 0 Å². The lowest BCUT2D eigenvalue weighted by Crippen LogP contribution is -2.55. The second kappa shape index (κ2) is 23.7. The quantitative estimate of drug-likeness (QED) is 0.200. The van der Waals surface area contributed by atoms with Crippen LogP contribution < -0.4 is 0 Å². The van der Waals surface area contributed by atoms with Crippen molar-refractivity contribution in [2.24, 2.45) is 23.7 Å². The molecule has 3 saturated heterocycles.